The van der Waals surface area contributed by atoms with Crippen molar-refractivity contribution in [3.63, 3.8) is 0 Å². The molecule has 7 nitrogen and oxygen atoms in total. The van der Waals surface area contributed by atoms with E-state index in [4.69, 9.17) is 21.9 Å². The monoisotopic (exact) mass is 718 g/mol. The number of nitrogens with two attached hydrogens (primary N) is 1. The molecule has 3 atom stereocenters. The Hall–Kier alpha value is -4.54. The van der Waals surface area contributed by atoms with E-state index in [0.717, 1.165) is 57.2 Å². The number of anilines is 2. The van der Waals surface area contributed by atoms with Crippen LogP contribution in [0.3, 0.4) is 0 Å². The van der Waals surface area contributed by atoms with E-state index in [2.05, 4.69) is 21.1 Å². The van der Waals surface area contributed by atoms with Gasteiger partial charge in [0.15, 0.2) is 5.82 Å². The zero-order chi connectivity index (χ0) is 36.2. The van der Waals surface area contributed by atoms with Gasteiger partial charge < -0.3 is 20.7 Å². The van der Waals surface area contributed by atoms with Crippen molar-refractivity contribution >= 4 is 33.2 Å². The molecule has 0 amide bonds. The van der Waals surface area contributed by atoms with E-state index in [1.54, 1.807) is 0 Å². The maximum absolute atomic E-state index is 17.4. The minimum atomic E-state index is -5.05. The summed E-state index contributed by atoms with van der Waals surface area (Å²) in [5.41, 5.74) is 3.00. The van der Waals surface area contributed by atoms with Gasteiger partial charge in [0.2, 0.25) is 0 Å². The van der Waals surface area contributed by atoms with E-state index in [0.29, 0.717) is 43.9 Å². The van der Waals surface area contributed by atoms with Crippen LogP contribution in [0.25, 0.3) is 32.8 Å². The third-order valence-corrected chi connectivity index (χ3v) is 12.0. The number of aromatic nitrogens is 2. The summed E-state index contributed by atoms with van der Waals surface area (Å²) in [6.07, 6.45) is 7.30. The number of halogens is 6. The molecule has 4 saturated heterocycles. The SMILES string of the molecule is C#Cc1c(F)ccc2cc(N)cc(-c3c(C(F)(F)F)cc4c(N5C[C@@H]6CC[C@](C7CC7)(C5)N6)nc(OC[C@@]56CCCN5C/C(=C/F)C6)nc4c3F)c12. The van der Waals surface area contributed by atoms with Crippen molar-refractivity contribution in [2.45, 2.75) is 68.2 Å². The topological polar surface area (TPSA) is 79.5 Å². The van der Waals surface area contributed by atoms with Crippen molar-refractivity contribution in [3.05, 3.63) is 65.0 Å². The highest BCUT2D eigenvalue weighted by molar-refractivity contribution is 6.06. The Bertz CT molecular complexity index is 2230. The van der Waals surface area contributed by atoms with Gasteiger partial charge in [0, 0.05) is 53.2 Å². The first-order valence-electron chi connectivity index (χ1n) is 17.7. The second-order valence-electron chi connectivity index (χ2n) is 15.2. The van der Waals surface area contributed by atoms with Crippen LogP contribution >= 0.6 is 0 Å². The molecule has 4 aromatic rings. The van der Waals surface area contributed by atoms with Gasteiger partial charge in [0.1, 0.15) is 23.8 Å². The molecular weight excluding hydrogens is 682 g/mol. The third kappa shape index (κ3) is 5.20. The van der Waals surface area contributed by atoms with Crippen molar-refractivity contribution in [2.75, 3.05) is 43.4 Å². The normalized spacial score (nSPS) is 26.8. The molecule has 0 unspecified atom stereocenters. The Morgan fingerprint density at radius 3 is 2.69 bits per heavy atom. The van der Waals surface area contributed by atoms with Crippen LogP contribution in [0.1, 0.15) is 56.1 Å². The third-order valence-electron chi connectivity index (χ3n) is 12.0. The van der Waals surface area contributed by atoms with Gasteiger partial charge in [0.05, 0.1) is 23.0 Å². The Balaban J connectivity index is 1.26. The van der Waals surface area contributed by atoms with Crippen molar-refractivity contribution in [2.24, 2.45) is 5.92 Å². The highest BCUT2D eigenvalue weighted by Gasteiger charge is 2.53. The van der Waals surface area contributed by atoms with Gasteiger partial charge in [-0.1, -0.05) is 12.0 Å². The number of nitrogens with one attached hydrogen (secondary N) is 1. The highest BCUT2D eigenvalue weighted by atomic mass is 19.4. The van der Waals surface area contributed by atoms with E-state index in [1.165, 1.54) is 18.2 Å². The molecule has 1 aliphatic carbocycles. The highest BCUT2D eigenvalue weighted by Crippen LogP contribution is 2.50. The zero-order valence-electron chi connectivity index (χ0n) is 28.2. The fourth-order valence-corrected chi connectivity index (χ4v) is 9.60. The number of nitrogens with zero attached hydrogens (tertiary/aromatic N) is 4. The summed E-state index contributed by atoms with van der Waals surface area (Å²) in [6.45, 7) is 2.27. The van der Waals surface area contributed by atoms with E-state index >= 15 is 22.0 Å². The van der Waals surface area contributed by atoms with Crippen LogP contribution in [-0.2, 0) is 6.18 Å². The quantitative estimate of drug-likeness (QED) is 0.122. The first-order chi connectivity index (χ1) is 24.9. The maximum Gasteiger partial charge on any atom is 0.417 e. The summed E-state index contributed by atoms with van der Waals surface area (Å²) in [7, 11) is 0. The van der Waals surface area contributed by atoms with E-state index in [-0.39, 0.29) is 68.5 Å². The predicted molar refractivity (Wildman–Crippen MR) is 186 cm³/mol. The van der Waals surface area contributed by atoms with Crippen LogP contribution in [0.4, 0.5) is 37.8 Å². The molecule has 5 heterocycles. The molecule has 5 fully saturated rings. The van der Waals surface area contributed by atoms with Crippen LogP contribution in [0.5, 0.6) is 6.01 Å². The smallest absolute Gasteiger partial charge is 0.417 e. The summed E-state index contributed by atoms with van der Waals surface area (Å²) in [4.78, 5) is 13.3. The number of hydrogen-bond donors (Lipinski definition) is 2. The maximum atomic E-state index is 17.4. The minimum absolute atomic E-state index is 0.0393. The Labute approximate surface area is 296 Å². The number of alkyl halides is 3. The molecule has 1 aromatic heterocycles. The lowest BCUT2D eigenvalue weighted by Crippen LogP contribution is -2.61. The lowest BCUT2D eigenvalue weighted by molar-refractivity contribution is -0.137. The Morgan fingerprint density at radius 1 is 1.12 bits per heavy atom. The van der Waals surface area contributed by atoms with Crippen LogP contribution in [-0.4, -0.2) is 64.8 Å². The van der Waals surface area contributed by atoms with Gasteiger partial charge in [-0.25, -0.2) is 13.2 Å². The van der Waals surface area contributed by atoms with Gasteiger partial charge in [-0.15, -0.1) is 6.42 Å². The molecule has 52 heavy (non-hydrogen) atoms. The van der Waals surface area contributed by atoms with Gasteiger partial charge in [-0.3, -0.25) is 4.90 Å². The number of nitrogen functional groups attached to an aromatic ring is 1. The molecule has 5 aliphatic rings. The molecule has 13 heteroatoms. The molecule has 0 radical (unpaired) electrons. The average Bonchev–Trinajstić information content (AvgIpc) is 3.73. The second-order valence-corrected chi connectivity index (χ2v) is 15.2. The number of rotatable bonds is 6. The summed E-state index contributed by atoms with van der Waals surface area (Å²) < 4.78 is 98.0. The Morgan fingerprint density at radius 2 is 1.94 bits per heavy atom. The van der Waals surface area contributed by atoms with Gasteiger partial charge in [-0.2, -0.15) is 23.1 Å². The molecule has 0 spiro atoms. The van der Waals surface area contributed by atoms with Crippen molar-refractivity contribution in [1.82, 2.24) is 20.2 Å². The second kappa shape index (κ2) is 11.7. The zero-order valence-corrected chi connectivity index (χ0v) is 28.2. The summed E-state index contributed by atoms with van der Waals surface area (Å²) in [5, 5.41) is 3.83. The number of fused-ring (bicyclic) bond motifs is 5. The minimum Gasteiger partial charge on any atom is -0.461 e. The molecule has 270 valence electrons. The Kier molecular flexibility index (Phi) is 7.52. The molecule has 4 aliphatic heterocycles. The average molecular weight is 719 g/mol. The standard InChI is InChI=1S/C39H36F6N6O/c1-2-26-30(41)7-4-22-12-24(46)13-27(31(22)26)32-29(39(43,44)45)14-28-34(33(32)42)47-36(52-20-37-9-3-11-51(37)17-21(15-37)16-40)48-35(28)50-18-25-8-10-38(19-50,49-25)23-5-6-23/h1,4,7,12-14,16,23,25,49H,3,5-6,8-11,15,17-20,46H2/b21-16+/t25-,37-,38+/m0/s1. The summed E-state index contributed by atoms with van der Waals surface area (Å²) in [6, 6.07) is 5.85. The van der Waals surface area contributed by atoms with Gasteiger partial charge >= 0.3 is 12.2 Å². The largest absolute Gasteiger partial charge is 0.461 e. The molecule has 2 bridgehead atoms. The summed E-state index contributed by atoms with van der Waals surface area (Å²) in [5.74, 6) is 0.703. The lowest BCUT2D eigenvalue weighted by Gasteiger charge is -2.42. The number of terminal acetylenes is 1. The lowest BCUT2D eigenvalue weighted by atomic mass is 9.89. The first kappa shape index (κ1) is 33.3. The molecule has 1 saturated carbocycles. The number of benzene rings is 3. The fraction of sp³-hybridized carbons (Fsp3) is 0.436. The van der Waals surface area contributed by atoms with E-state index in [1.807, 2.05) is 4.90 Å². The fourth-order valence-electron chi connectivity index (χ4n) is 9.60. The molecule has 3 N–H and O–H groups in total. The van der Waals surface area contributed by atoms with E-state index in [9.17, 15) is 4.39 Å². The number of hydrogen-bond acceptors (Lipinski definition) is 7. The van der Waals surface area contributed by atoms with Crippen LogP contribution < -0.4 is 20.7 Å². The van der Waals surface area contributed by atoms with Crippen LogP contribution in [0, 0.1) is 29.9 Å². The van der Waals surface area contributed by atoms with Gasteiger partial charge in [-0.05, 0) is 98.2 Å². The van der Waals surface area contributed by atoms with Crippen molar-refractivity contribution in [1.29, 1.82) is 0 Å². The summed E-state index contributed by atoms with van der Waals surface area (Å²) >= 11 is 0. The molecule has 3 aromatic carbocycles. The first-order valence-corrected chi connectivity index (χ1v) is 17.7. The van der Waals surface area contributed by atoms with E-state index < -0.39 is 34.5 Å². The predicted octanol–water partition coefficient (Wildman–Crippen LogP) is 7.50. The van der Waals surface area contributed by atoms with Crippen LogP contribution in [0.2, 0.25) is 0 Å². The van der Waals surface area contributed by atoms with Crippen molar-refractivity contribution in [3.8, 4) is 29.5 Å². The van der Waals surface area contributed by atoms with Crippen LogP contribution in [0.15, 0.2) is 42.2 Å². The molecular formula is C39H36F6N6O. The number of ether oxygens (including phenoxy) is 1. The number of piperazine rings is 1. The van der Waals surface area contributed by atoms with Crippen molar-refractivity contribution < 1.29 is 31.1 Å². The van der Waals surface area contributed by atoms with Gasteiger partial charge in [0.25, 0.3) is 0 Å². The molecule has 9 rings (SSSR count).